The van der Waals surface area contributed by atoms with Crippen LogP contribution in [0.4, 0.5) is 0 Å². The van der Waals surface area contributed by atoms with Crippen molar-refractivity contribution in [3.05, 3.63) is 51.8 Å². The maximum Gasteiger partial charge on any atom is 0.341 e. The summed E-state index contributed by atoms with van der Waals surface area (Å²) in [6.07, 6.45) is 1.15. The summed E-state index contributed by atoms with van der Waals surface area (Å²) >= 11 is 5.90. The topological polar surface area (TPSA) is 97.7 Å². The van der Waals surface area contributed by atoms with E-state index < -0.39 is 21.9 Å². The molecule has 0 spiro atoms. The minimum atomic E-state index is -4.02. The molecule has 0 saturated carbocycles. The van der Waals surface area contributed by atoms with Gasteiger partial charge in [-0.2, -0.15) is 4.31 Å². The van der Waals surface area contributed by atoms with Gasteiger partial charge in [-0.05, 0) is 58.2 Å². The number of rotatable bonds is 8. The summed E-state index contributed by atoms with van der Waals surface area (Å²) in [5.74, 6) is -1.32. The average Bonchev–Trinajstić information content (AvgIpc) is 3.08. The van der Waals surface area contributed by atoms with E-state index in [9.17, 15) is 18.0 Å². The predicted octanol–water partition coefficient (Wildman–Crippen LogP) is 3.67. The Balaban J connectivity index is 1.83. The van der Waals surface area contributed by atoms with Crippen LogP contribution in [0, 0.1) is 19.8 Å². The highest BCUT2D eigenvalue weighted by Gasteiger charge is 2.39. The highest BCUT2D eigenvalue weighted by molar-refractivity contribution is 7.89. The van der Waals surface area contributed by atoms with Crippen molar-refractivity contribution in [1.29, 1.82) is 0 Å². The zero-order valence-electron chi connectivity index (χ0n) is 20.1. The first kappa shape index (κ1) is 26.2. The quantitative estimate of drug-likeness (QED) is 0.547. The zero-order chi connectivity index (χ0) is 25.0. The Hall–Kier alpha value is -2.36. The number of piperidine rings is 1. The molecule has 1 aliphatic heterocycles. The summed E-state index contributed by atoms with van der Waals surface area (Å²) in [5, 5.41) is 3.52. The van der Waals surface area contributed by atoms with E-state index in [0.29, 0.717) is 48.9 Å². The second kappa shape index (κ2) is 10.9. The fourth-order valence-electron chi connectivity index (χ4n) is 4.53. The Morgan fingerprint density at radius 1 is 1.15 bits per heavy atom. The van der Waals surface area contributed by atoms with Gasteiger partial charge in [0.2, 0.25) is 15.9 Å². The molecule has 1 N–H and O–H groups in total. The second-order valence-corrected chi connectivity index (χ2v) is 10.7. The first-order valence-electron chi connectivity index (χ1n) is 11.5. The molecule has 2 heterocycles. The monoisotopic (exact) mass is 509 g/mol. The Labute approximate surface area is 206 Å². The maximum atomic E-state index is 13.8. The lowest BCUT2D eigenvalue weighted by molar-refractivity contribution is -0.126. The first-order chi connectivity index (χ1) is 16.1. The fraction of sp³-hybridized carbons (Fsp3) is 0.500. The number of ether oxygens (including phenoxy) is 1. The largest absolute Gasteiger partial charge is 0.462 e. The van der Waals surface area contributed by atoms with Gasteiger partial charge in [-0.1, -0.05) is 23.7 Å². The van der Waals surface area contributed by atoms with Gasteiger partial charge < -0.3 is 14.6 Å². The average molecular weight is 510 g/mol. The molecule has 34 heavy (non-hydrogen) atoms. The van der Waals surface area contributed by atoms with E-state index in [4.69, 9.17) is 16.3 Å². The van der Waals surface area contributed by atoms with Gasteiger partial charge in [-0.3, -0.25) is 4.79 Å². The number of sulfonamides is 1. The highest BCUT2D eigenvalue weighted by Crippen LogP contribution is 2.32. The van der Waals surface area contributed by atoms with Crippen molar-refractivity contribution in [3.8, 4) is 0 Å². The van der Waals surface area contributed by atoms with Crippen molar-refractivity contribution < 1.29 is 22.7 Å². The van der Waals surface area contributed by atoms with E-state index in [1.54, 1.807) is 37.5 Å². The van der Waals surface area contributed by atoms with Crippen LogP contribution >= 0.6 is 11.6 Å². The molecule has 186 valence electrons. The maximum absolute atomic E-state index is 13.8. The number of nitrogens with one attached hydrogen (secondary N) is 1. The van der Waals surface area contributed by atoms with Crippen molar-refractivity contribution >= 4 is 33.5 Å². The molecule has 1 fully saturated rings. The molecule has 2 aromatic rings. The van der Waals surface area contributed by atoms with Crippen LogP contribution in [0.3, 0.4) is 0 Å². The molecule has 1 aromatic heterocycles. The van der Waals surface area contributed by atoms with Crippen molar-refractivity contribution in [2.45, 2.75) is 58.5 Å². The summed E-state index contributed by atoms with van der Waals surface area (Å²) in [7, 11) is -4.02. The van der Waals surface area contributed by atoms with Crippen molar-refractivity contribution in [2.24, 2.45) is 5.92 Å². The summed E-state index contributed by atoms with van der Waals surface area (Å²) in [4.78, 5) is 25.5. The van der Waals surface area contributed by atoms with Crippen LogP contribution in [0.5, 0.6) is 0 Å². The molecule has 1 aliphatic rings. The third-order valence-electron chi connectivity index (χ3n) is 6.26. The molecule has 1 saturated heterocycles. The minimum absolute atomic E-state index is 0.0208. The molecule has 0 radical (unpaired) electrons. The number of esters is 1. The number of nitrogens with zero attached hydrogens (tertiary/aromatic N) is 2. The fourth-order valence-corrected chi connectivity index (χ4v) is 6.63. The van der Waals surface area contributed by atoms with Crippen LogP contribution in [0.1, 0.15) is 54.0 Å². The van der Waals surface area contributed by atoms with Gasteiger partial charge in [0.25, 0.3) is 0 Å². The lowest BCUT2D eigenvalue weighted by Gasteiger charge is -2.31. The van der Waals surface area contributed by atoms with Crippen LogP contribution in [-0.4, -0.2) is 48.9 Å². The number of hydrogen-bond donors (Lipinski definition) is 1. The summed E-state index contributed by atoms with van der Waals surface area (Å²) in [5.41, 5.74) is 2.04. The molecule has 10 heteroatoms. The molecular weight excluding hydrogens is 478 g/mol. The van der Waals surface area contributed by atoms with Crippen LogP contribution in [0.2, 0.25) is 5.02 Å². The second-order valence-electron chi connectivity index (χ2n) is 8.39. The van der Waals surface area contributed by atoms with Gasteiger partial charge in [0.1, 0.15) is 10.5 Å². The molecular formula is C24H32ClN3O5S. The van der Waals surface area contributed by atoms with Crippen LogP contribution in [-0.2, 0) is 32.6 Å². The van der Waals surface area contributed by atoms with E-state index in [1.807, 2.05) is 19.1 Å². The molecule has 0 unspecified atom stereocenters. The van der Waals surface area contributed by atoms with Gasteiger partial charge in [0.15, 0.2) is 0 Å². The van der Waals surface area contributed by atoms with Gasteiger partial charge in [-0.15, -0.1) is 0 Å². The predicted molar refractivity (Wildman–Crippen MR) is 130 cm³/mol. The van der Waals surface area contributed by atoms with E-state index in [1.165, 1.54) is 4.31 Å². The summed E-state index contributed by atoms with van der Waals surface area (Å²) in [6.45, 7) is 8.37. The first-order valence-corrected chi connectivity index (χ1v) is 13.3. The van der Waals surface area contributed by atoms with Crippen LogP contribution in [0.15, 0.2) is 29.2 Å². The number of hydrogen-bond acceptors (Lipinski definition) is 5. The van der Waals surface area contributed by atoms with Gasteiger partial charge in [0, 0.05) is 42.6 Å². The Bertz CT molecular complexity index is 1160. The smallest absolute Gasteiger partial charge is 0.341 e. The van der Waals surface area contributed by atoms with E-state index in [-0.39, 0.29) is 29.5 Å². The number of amides is 1. The Morgan fingerprint density at radius 3 is 2.44 bits per heavy atom. The summed E-state index contributed by atoms with van der Waals surface area (Å²) < 4.78 is 35.8. The molecule has 3 rings (SSSR count). The van der Waals surface area contributed by atoms with Crippen molar-refractivity contribution in [2.75, 3.05) is 19.7 Å². The lowest BCUT2D eigenvalue weighted by atomic mass is 9.99. The van der Waals surface area contributed by atoms with E-state index >= 15 is 0 Å². The number of carbonyl (C=O) groups is 2. The molecule has 8 nitrogen and oxygen atoms in total. The van der Waals surface area contributed by atoms with Crippen molar-refractivity contribution in [1.82, 2.24) is 14.2 Å². The molecule has 0 aliphatic carbocycles. The van der Waals surface area contributed by atoms with Gasteiger partial charge in [0.05, 0.1) is 12.5 Å². The Morgan fingerprint density at radius 2 is 1.82 bits per heavy atom. The SMILES string of the molecule is CCOC(=O)c1c(S(=O)(=O)N2CCC[C@@H](C(=O)NCc3ccc(Cl)cc3)C2)c(C)n(CC)c1C. The van der Waals surface area contributed by atoms with E-state index in [0.717, 1.165) is 5.56 Å². The zero-order valence-corrected chi connectivity index (χ0v) is 21.6. The number of aromatic nitrogens is 1. The molecule has 1 atom stereocenters. The van der Waals surface area contributed by atoms with Crippen LogP contribution < -0.4 is 5.32 Å². The molecule has 1 amide bonds. The van der Waals surface area contributed by atoms with Gasteiger partial charge in [-0.25, -0.2) is 13.2 Å². The number of halogens is 1. The third kappa shape index (κ3) is 5.31. The number of benzene rings is 1. The molecule has 1 aromatic carbocycles. The number of carbonyl (C=O) groups excluding carboxylic acids is 2. The highest BCUT2D eigenvalue weighted by atomic mass is 35.5. The lowest BCUT2D eigenvalue weighted by Crippen LogP contribution is -2.45. The van der Waals surface area contributed by atoms with E-state index in [2.05, 4.69) is 5.32 Å². The standard InChI is InChI=1S/C24H32ClN3O5S/c1-5-28-16(3)21(24(30)33-6-2)22(17(28)4)34(31,32)27-13-7-8-19(15-27)23(29)26-14-18-9-11-20(25)12-10-18/h9-12,19H,5-8,13-15H2,1-4H3,(H,26,29)/t19-/m1/s1. The minimum Gasteiger partial charge on any atom is -0.462 e. The van der Waals surface area contributed by atoms with Crippen LogP contribution in [0.25, 0.3) is 0 Å². The normalized spacial score (nSPS) is 16.9. The van der Waals surface area contributed by atoms with Gasteiger partial charge >= 0.3 is 5.97 Å². The summed E-state index contributed by atoms with van der Waals surface area (Å²) in [6, 6.07) is 7.18. The van der Waals surface area contributed by atoms with Crippen molar-refractivity contribution in [3.63, 3.8) is 0 Å². The molecule has 0 bridgehead atoms. The Kier molecular flexibility index (Phi) is 8.43. The third-order valence-corrected chi connectivity index (χ3v) is 8.53.